The molecule has 0 aliphatic rings. The number of thiol groups is 1. The van der Waals surface area contributed by atoms with Gasteiger partial charge >= 0.3 is 0 Å². The van der Waals surface area contributed by atoms with Gasteiger partial charge in [0.05, 0.1) is 14.2 Å². The lowest BCUT2D eigenvalue weighted by atomic mass is 10.2. The molecule has 2 N–H and O–H groups in total. The summed E-state index contributed by atoms with van der Waals surface area (Å²) in [5.41, 5.74) is 6.35. The molecule has 0 spiro atoms. The van der Waals surface area contributed by atoms with E-state index in [1.54, 1.807) is 38.5 Å². The summed E-state index contributed by atoms with van der Waals surface area (Å²) in [5.74, 6) is 2.20. The summed E-state index contributed by atoms with van der Waals surface area (Å²) >= 11 is 4.29. The molecule has 0 heterocycles. The normalized spacial score (nSPS) is 10.1. The number of anilines is 1. The van der Waals surface area contributed by atoms with Gasteiger partial charge in [0.1, 0.15) is 5.75 Å². The molecule has 0 saturated heterocycles. The van der Waals surface area contributed by atoms with Crippen molar-refractivity contribution in [2.75, 3.05) is 20.0 Å². The first-order valence-corrected chi connectivity index (χ1v) is 6.07. The van der Waals surface area contributed by atoms with E-state index in [0.29, 0.717) is 28.7 Å². The van der Waals surface area contributed by atoms with Crippen LogP contribution < -0.4 is 19.9 Å². The Morgan fingerprint density at radius 2 is 1.63 bits per heavy atom. The maximum atomic E-state index is 5.79. The minimum atomic E-state index is 0.494. The first kappa shape index (κ1) is 13.4. The smallest absolute Gasteiger partial charge is 0.211 e. The van der Waals surface area contributed by atoms with Crippen LogP contribution >= 0.6 is 12.6 Å². The van der Waals surface area contributed by atoms with Crippen LogP contribution in [0, 0.1) is 0 Å². The van der Waals surface area contributed by atoms with E-state index in [9.17, 15) is 0 Å². The zero-order chi connectivity index (χ0) is 13.8. The van der Waals surface area contributed by atoms with Gasteiger partial charge in [-0.3, -0.25) is 0 Å². The average molecular weight is 277 g/mol. The minimum absolute atomic E-state index is 0.494. The van der Waals surface area contributed by atoms with Gasteiger partial charge in [-0.05, 0) is 24.3 Å². The number of nitrogens with two attached hydrogens (primary N) is 1. The van der Waals surface area contributed by atoms with E-state index in [-0.39, 0.29) is 0 Å². The Labute approximate surface area is 117 Å². The summed E-state index contributed by atoms with van der Waals surface area (Å²) in [4.78, 5) is 0.730. The Morgan fingerprint density at radius 1 is 1.00 bits per heavy atom. The highest BCUT2D eigenvalue weighted by Gasteiger charge is 2.14. The molecule has 0 radical (unpaired) electrons. The van der Waals surface area contributed by atoms with Crippen LogP contribution in [0.15, 0.2) is 41.3 Å². The van der Waals surface area contributed by atoms with E-state index in [1.165, 1.54) is 0 Å². The zero-order valence-corrected chi connectivity index (χ0v) is 11.6. The maximum Gasteiger partial charge on any atom is 0.211 e. The van der Waals surface area contributed by atoms with Crippen molar-refractivity contribution < 1.29 is 14.2 Å². The van der Waals surface area contributed by atoms with E-state index in [1.807, 2.05) is 12.1 Å². The Bertz CT molecular complexity index is 562. The summed E-state index contributed by atoms with van der Waals surface area (Å²) in [6.07, 6.45) is 0. The number of hydrogen-bond acceptors (Lipinski definition) is 5. The van der Waals surface area contributed by atoms with Gasteiger partial charge in [-0.15, -0.1) is 12.6 Å². The fraction of sp³-hybridized carbons (Fsp3) is 0.143. The first-order chi connectivity index (χ1) is 9.13. The van der Waals surface area contributed by atoms with Crippen LogP contribution in [0.4, 0.5) is 5.69 Å². The Hall–Kier alpha value is -2.01. The number of methoxy groups -OCH3 is 2. The van der Waals surface area contributed by atoms with Gasteiger partial charge < -0.3 is 19.9 Å². The first-order valence-electron chi connectivity index (χ1n) is 5.62. The predicted molar refractivity (Wildman–Crippen MR) is 77.7 cm³/mol. The molecule has 19 heavy (non-hydrogen) atoms. The number of ether oxygens (including phenoxy) is 3. The molecule has 0 bridgehead atoms. The largest absolute Gasteiger partial charge is 0.493 e. The fourth-order valence-electron chi connectivity index (χ4n) is 1.66. The van der Waals surface area contributed by atoms with Gasteiger partial charge in [0, 0.05) is 16.6 Å². The van der Waals surface area contributed by atoms with Gasteiger partial charge in [0.15, 0.2) is 11.5 Å². The van der Waals surface area contributed by atoms with Crippen LogP contribution in [0.2, 0.25) is 0 Å². The zero-order valence-electron chi connectivity index (χ0n) is 10.7. The second kappa shape index (κ2) is 5.75. The molecule has 0 aromatic heterocycles. The molecule has 100 valence electrons. The summed E-state index contributed by atoms with van der Waals surface area (Å²) < 4.78 is 16.4. The lowest BCUT2D eigenvalue weighted by Gasteiger charge is -2.15. The number of nitrogen functional groups attached to an aromatic ring is 1. The summed E-state index contributed by atoms with van der Waals surface area (Å²) in [6, 6.07) is 10.7. The van der Waals surface area contributed by atoms with Crippen molar-refractivity contribution in [2.45, 2.75) is 4.90 Å². The third-order valence-corrected chi connectivity index (χ3v) is 2.78. The molecular formula is C14H15NO3S. The standard InChI is InChI=1S/C14H15NO3S/c1-16-12-7-11(19)8-13(17-2)14(12)18-10-5-3-4-9(15)6-10/h3-8,19H,15H2,1-2H3. The second-order valence-electron chi connectivity index (χ2n) is 3.85. The van der Waals surface area contributed by atoms with Crippen LogP contribution in [-0.2, 0) is 0 Å². The quantitative estimate of drug-likeness (QED) is 0.664. The van der Waals surface area contributed by atoms with Crippen LogP contribution in [0.25, 0.3) is 0 Å². The maximum absolute atomic E-state index is 5.79. The molecule has 4 nitrogen and oxygen atoms in total. The number of hydrogen-bond donors (Lipinski definition) is 2. The van der Waals surface area contributed by atoms with Gasteiger partial charge in [0.25, 0.3) is 0 Å². The van der Waals surface area contributed by atoms with Crippen molar-refractivity contribution in [2.24, 2.45) is 0 Å². The van der Waals surface area contributed by atoms with E-state index in [4.69, 9.17) is 19.9 Å². The Balaban J connectivity index is 2.43. The molecule has 2 rings (SSSR count). The monoisotopic (exact) mass is 277 g/mol. The lowest BCUT2D eigenvalue weighted by molar-refractivity contribution is 0.345. The van der Waals surface area contributed by atoms with Crippen LogP contribution in [-0.4, -0.2) is 14.2 Å². The van der Waals surface area contributed by atoms with E-state index in [2.05, 4.69) is 12.6 Å². The highest BCUT2D eigenvalue weighted by molar-refractivity contribution is 7.80. The van der Waals surface area contributed by atoms with Crippen LogP contribution in [0.1, 0.15) is 0 Å². The topological polar surface area (TPSA) is 53.7 Å². The molecule has 0 aliphatic heterocycles. The average Bonchev–Trinajstić information content (AvgIpc) is 2.40. The van der Waals surface area contributed by atoms with Gasteiger partial charge in [-0.25, -0.2) is 0 Å². The van der Waals surface area contributed by atoms with E-state index >= 15 is 0 Å². The third kappa shape index (κ3) is 3.06. The van der Waals surface area contributed by atoms with Crippen molar-refractivity contribution in [3.8, 4) is 23.0 Å². The van der Waals surface area contributed by atoms with Crippen molar-refractivity contribution in [1.29, 1.82) is 0 Å². The van der Waals surface area contributed by atoms with E-state index in [0.717, 1.165) is 4.90 Å². The molecule has 0 fully saturated rings. The number of benzene rings is 2. The second-order valence-corrected chi connectivity index (χ2v) is 4.37. The van der Waals surface area contributed by atoms with Crippen molar-refractivity contribution in [3.63, 3.8) is 0 Å². The SMILES string of the molecule is COc1cc(S)cc(OC)c1Oc1cccc(N)c1. The Kier molecular flexibility index (Phi) is 4.06. The Morgan fingerprint density at radius 3 is 2.16 bits per heavy atom. The minimum Gasteiger partial charge on any atom is -0.493 e. The van der Waals surface area contributed by atoms with Crippen molar-refractivity contribution in [3.05, 3.63) is 36.4 Å². The molecule has 0 saturated carbocycles. The number of rotatable bonds is 4. The molecule has 0 aliphatic carbocycles. The molecular weight excluding hydrogens is 262 g/mol. The molecule has 0 atom stereocenters. The highest BCUT2D eigenvalue weighted by atomic mass is 32.1. The summed E-state index contributed by atoms with van der Waals surface area (Å²) in [5, 5.41) is 0. The van der Waals surface area contributed by atoms with Crippen molar-refractivity contribution in [1.82, 2.24) is 0 Å². The summed E-state index contributed by atoms with van der Waals surface area (Å²) in [7, 11) is 3.13. The van der Waals surface area contributed by atoms with Gasteiger partial charge in [0.2, 0.25) is 5.75 Å². The fourth-order valence-corrected chi connectivity index (χ4v) is 1.90. The third-order valence-electron chi connectivity index (χ3n) is 2.52. The molecule has 2 aromatic rings. The van der Waals surface area contributed by atoms with E-state index < -0.39 is 0 Å². The highest BCUT2D eigenvalue weighted by Crippen LogP contribution is 2.42. The predicted octanol–water partition coefficient (Wildman–Crippen LogP) is 3.37. The molecule has 5 heteroatoms. The lowest BCUT2D eigenvalue weighted by Crippen LogP contribution is -1.95. The molecule has 0 unspecified atom stereocenters. The molecule has 0 amide bonds. The van der Waals surface area contributed by atoms with Crippen LogP contribution in [0.5, 0.6) is 23.0 Å². The van der Waals surface area contributed by atoms with Crippen molar-refractivity contribution >= 4 is 18.3 Å². The van der Waals surface area contributed by atoms with Gasteiger partial charge in [-0.1, -0.05) is 6.07 Å². The van der Waals surface area contributed by atoms with Gasteiger partial charge in [-0.2, -0.15) is 0 Å². The summed E-state index contributed by atoms with van der Waals surface area (Å²) in [6.45, 7) is 0. The molecule has 2 aromatic carbocycles. The van der Waals surface area contributed by atoms with Crippen LogP contribution in [0.3, 0.4) is 0 Å².